The van der Waals surface area contributed by atoms with Gasteiger partial charge in [0.25, 0.3) is 5.69 Å². The van der Waals surface area contributed by atoms with Crippen LogP contribution in [0.4, 0.5) is 11.4 Å². The highest BCUT2D eigenvalue weighted by molar-refractivity contribution is 7.99. The van der Waals surface area contributed by atoms with Gasteiger partial charge < -0.3 is 5.32 Å². The molecule has 0 saturated carbocycles. The molecule has 156 valence electrons. The summed E-state index contributed by atoms with van der Waals surface area (Å²) in [5.74, 6) is 0.145. The van der Waals surface area contributed by atoms with E-state index < -0.39 is 26.9 Å². The van der Waals surface area contributed by atoms with Crippen molar-refractivity contribution in [3.63, 3.8) is 0 Å². The number of nitrogens with zero attached hydrogens (tertiary/aromatic N) is 2. The number of nitro groups is 1. The van der Waals surface area contributed by atoms with Crippen LogP contribution in [0, 0.1) is 17.0 Å². The summed E-state index contributed by atoms with van der Waals surface area (Å²) < 4.78 is 25.7. The second-order valence-corrected chi connectivity index (χ2v) is 9.44. The Morgan fingerprint density at radius 1 is 1.24 bits per heavy atom. The van der Waals surface area contributed by atoms with Gasteiger partial charge in [0, 0.05) is 29.3 Å². The fourth-order valence-corrected chi connectivity index (χ4v) is 4.75. The number of nitrogens with one attached hydrogen (secondary N) is 1. The van der Waals surface area contributed by atoms with Crippen molar-refractivity contribution in [2.24, 2.45) is 0 Å². The van der Waals surface area contributed by atoms with Crippen LogP contribution in [0.15, 0.2) is 53.4 Å². The number of hydrogen-bond donors (Lipinski definition) is 1. The third-order valence-corrected chi connectivity index (χ3v) is 6.38. The molecule has 2 aromatic rings. The largest absolute Gasteiger partial charge is 0.353 e. The van der Waals surface area contributed by atoms with Gasteiger partial charge >= 0.3 is 0 Å². The molecule has 2 aromatic carbocycles. The van der Waals surface area contributed by atoms with Crippen LogP contribution in [0.1, 0.15) is 12.5 Å². The van der Waals surface area contributed by atoms with Crippen LogP contribution in [0.25, 0.3) is 0 Å². The number of aryl methyl sites for hydroxylation is 1. The zero-order chi connectivity index (χ0) is 21.6. The standard InChI is InChI=1S/C19H23N3O5S2/c1-14-9-10-16(22(24)25)13-18(14)21(29(3,26)27)15(2)19(23)20-11-12-28-17-7-5-4-6-8-17/h4-10,13,15H,11-12H2,1-3H3,(H,20,23)/t15-/m0/s1. The average molecular weight is 438 g/mol. The van der Waals surface area contributed by atoms with Crippen molar-refractivity contribution in [1.29, 1.82) is 0 Å². The van der Waals surface area contributed by atoms with E-state index in [1.165, 1.54) is 25.1 Å². The predicted molar refractivity (Wildman–Crippen MR) is 115 cm³/mol. The van der Waals surface area contributed by atoms with Crippen molar-refractivity contribution in [2.75, 3.05) is 22.9 Å². The van der Waals surface area contributed by atoms with E-state index in [1.54, 1.807) is 18.7 Å². The Bertz CT molecular complexity index is 981. The molecule has 0 spiro atoms. The minimum atomic E-state index is -3.86. The van der Waals surface area contributed by atoms with Crippen LogP contribution in [-0.4, -0.2) is 43.8 Å². The summed E-state index contributed by atoms with van der Waals surface area (Å²) in [7, 11) is -3.86. The molecule has 1 atom stereocenters. The molecule has 0 aromatic heterocycles. The number of anilines is 1. The Kier molecular flexibility index (Phi) is 7.63. The molecule has 0 aliphatic heterocycles. The van der Waals surface area contributed by atoms with Gasteiger partial charge in [-0.2, -0.15) is 0 Å². The first-order valence-electron chi connectivity index (χ1n) is 8.81. The van der Waals surface area contributed by atoms with Gasteiger partial charge in [-0.05, 0) is 31.5 Å². The van der Waals surface area contributed by atoms with E-state index in [0.717, 1.165) is 15.5 Å². The van der Waals surface area contributed by atoms with E-state index in [4.69, 9.17) is 0 Å². The lowest BCUT2D eigenvalue weighted by Gasteiger charge is -2.29. The van der Waals surface area contributed by atoms with Crippen LogP contribution >= 0.6 is 11.8 Å². The van der Waals surface area contributed by atoms with Crippen molar-refractivity contribution in [3.8, 4) is 0 Å². The second-order valence-electron chi connectivity index (χ2n) is 6.42. The van der Waals surface area contributed by atoms with Crippen LogP contribution in [0.5, 0.6) is 0 Å². The number of carbonyl (C=O) groups excluding carboxylic acids is 1. The molecule has 0 radical (unpaired) electrons. The zero-order valence-corrected chi connectivity index (χ0v) is 18.0. The zero-order valence-electron chi connectivity index (χ0n) is 16.4. The number of thioether (sulfide) groups is 1. The van der Waals surface area contributed by atoms with Gasteiger partial charge in [-0.3, -0.25) is 19.2 Å². The average Bonchev–Trinajstić information content (AvgIpc) is 2.66. The quantitative estimate of drug-likeness (QED) is 0.280. The summed E-state index contributed by atoms with van der Waals surface area (Å²) in [6.07, 6.45) is 0.973. The van der Waals surface area contributed by atoms with Gasteiger partial charge in [-0.15, -0.1) is 11.8 Å². The highest BCUT2D eigenvalue weighted by Gasteiger charge is 2.31. The number of amides is 1. The Hall–Kier alpha value is -2.59. The molecule has 0 unspecified atom stereocenters. The molecule has 1 amide bonds. The number of benzene rings is 2. The molecule has 10 heteroatoms. The van der Waals surface area contributed by atoms with Crippen molar-refractivity contribution >= 4 is 39.1 Å². The summed E-state index contributed by atoms with van der Waals surface area (Å²) >= 11 is 1.57. The van der Waals surface area contributed by atoms with Gasteiger partial charge in [-0.25, -0.2) is 8.42 Å². The maximum absolute atomic E-state index is 12.6. The van der Waals surface area contributed by atoms with Crippen molar-refractivity contribution in [2.45, 2.75) is 24.8 Å². The molecule has 0 saturated heterocycles. The number of rotatable bonds is 9. The van der Waals surface area contributed by atoms with Crippen molar-refractivity contribution in [3.05, 3.63) is 64.2 Å². The molecular formula is C19H23N3O5S2. The van der Waals surface area contributed by atoms with E-state index >= 15 is 0 Å². The van der Waals surface area contributed by atoms with Crippen LogP contribution in [0.2, 0.25) is 0 Å². The molecule has 29 heavy (non-hydrogen) atoms. The first-order chi connectivity index (χ1) is 13.6. The topological polar surface area (TPSA) is 110 Å². The first kappa shape index (κ1) is 22.7. The summed E-state index contributed by atoms with van der Waals surface area (Å²) in [4.78, 5) is 24.1. The highest BCUT2D eigenvalue weighted by atomic mass is 32.2. The minimum Gasteiger partial charge on any atom is -0.353 e. The van der Waals surface area contributed by atoms with Crippen LogP contribution < -0.4 is 9.62 Å². The van der Waals surface area contributed by atoms with Gasteiger partial charge in [0.05, 0.1) is 16.9 Å². The maximum Gasteiger partial charge on any atom is 0.271 e. The van der Waals surface area contributed by atoms with Crippen LogP contribution in [-0.2, 0) is 14.8 Å². The SMILES string of the molecule is Cc1ccc([N+](=O)[O-])cc1N([C@@H](C)C(=O)NCCSc1ccccc1)S(C)(=O)=O. The monoisotopic (exact) mass is 437 g/mol. The Labute approximate surface area is 174 Å². The summed E-state index contributed by atoms with van der Waals surface area (Å²) in [6.45, 7) is 3.45. The van der Waals surface area contributed by atoms with E-state index in [1.807, 2.05) is 30.3 Å². The maximum atomic E-state index is 12.6. The highest BCUT2D eigenvalue weighted by Crippen LogP contribution is 2.29. The molecular weight excluding hydrogens is 414 g/mol. The number of hydrogen-bond acceptors (Lipinski definition) is 6. The Morgan fingerprint density at radius 2 is 1.90 bits per heavy atom. The van der Waals surface area contributed by atoms with Gasteiger partial charge in [0.2, 0.25) is 15.9 Å². The molecule has 8 nitrogen and oxygen atoms in total. The molecule has 0 bridgehead atoms. The fourth-order valence-electron chi connectivity index (χ4n) is 2.74. The molecule has 0 aliphatic carbocycles. The molecule has 0 heterocycles. The summed E-state index contributed by atoms with van der Waals surface area (Å²) in [6, 6.07) is 12.6. The van der Waals surface area contributed by atoms with Gasteiger partial charge in [0.1, 0.15) is 6.04 Å². The van der Waals surface area contributed by atoms with Crippen LogP contribution in [0.3, 0.4) is 0 Å². The lowest BCUT2D eigenvalue weighted by molar-refractivity contribution is -0.384. The predicted octanol–water partition coefficient (Wildman–Crippen LogP) is 2.97. The number of nitro benzene ring substituents is 1. The number of non-ortho nitro benzene ring substituents is 1. The lowest BCUT2D eigenvalue weighted by atomic mass is 10.1. The van der Waals surface area contributed by atoms with E-state index in [2.05, 4.69) is 5.32 Å². The third-order valence-electron chi connectivity index (χ3n) is 4.14. The van der Waals surface area contributed by atoms with Gasteiger partial charge in [0.15, 0.2) is 0 Å². The number of sulfonamides is 1. The van der Waals surface area contributed by atoms with E-state index in [0.29, 0.717) is 17.9 Å². The molecule has 2 rings (SSSR count). The molecule has 1 N–H and O–H groups in total. The second kappa shape index (κ2) is 9.75. The van der Waals surface area contributed by atoms with E-state index in [9.17, 15) is 23.3 Å². The molecule has 0 aliphatic rings. The Balaban J connectivity index is 2.13. The van der Waals surface area contributed by atoms with E-state index in [-0.39, 0.29) is 11.4 Å². The van der Waals surface area contributed by atoms with Gasteiger partial charge in [-0.1, -0.05) is 24.3 Å². The lowest BCUT2D eigenvalue weighted by Crippen LogP contribution is -2.48. The summed E-state index contributed by atoms with van der Waals surface area (Å²) in [5, 5.41) is 13.8. The molecule has 0 fully saturated rings. The summed E-state index contributed by atoms with van der Waals surface area (Å²) in [5.41, 5.74) is 0.384. The fraction of sp³-hybridized carbons (Fsp3) is 0.316. The smallest absolute Gasteiger partial charge is 0.271 e. The third kappa shape index (κ3) is 6.20. The van der Waals surface area contributed by atoms with Crippen molar-refractivity contribution < 1.29 is 18.1 Å². The van der Waals surface area contributed by atoms with Crippen molar-refractivity contribution in [1.82, 2.24) is 5.32 Å². The number of carbonyl (C=O) groups is 1. The normalized spacial score (nSPS) is 12.2. The Morgan fingerprint density at radius 3 is 2.48 bits per heavy atom. The first-order valence-corrected chi connectivity index (χ1v) is 11.6. The minimum absolute atomic E-state index is 0.114.